The van der Waals surface area contributed by atoms with E-state index >= 15 is 0 Å². The Kier molecular flexibility index (Phi) is 5.24. The highest BCUT2D eigenvalue weighted by Gasteiger charge is 2.13. The van der Waals surface area contributed by atoms with E-state index in [9.17, 15) is 4.39 Å². The molecule has 2 aromatic heterocycles. The maximum Gasteiger partial charge on any atom is 0.149 e. The predicted molar refractivity (Wildman–Crippen MR) is 95.5 cm³/mol. The van der Waals surface area contributed by atoms with E-state index in [0.717, 1.165) is 5.69 Å². The molecule has 1 unspecified atom stereocenters. The molecule has 0 saturated carbocycles. The fourth-order valence-corrected chi connectivity index (χ4v) is 2.74. The van der Waals surface area contributed by atoms with Crippen molar-refractivity contribution in [3.63, 3.8) is 0 Å². The van der Waals surface area contributed by atoms with Gasteiger partial charge in [-0.1, -0.05) is 12.1 Å². The number of pyridine rings is 2. The van der Waals surface area contributed by atoms with Gasteiger partial charge in [0.05, 0.1) is 17.5 Å². The molecular formula is C20H21FN2O2. The van der Waals surface area contributed by atoms with Crippen molar-refractivity contribution in [1.82, 2.24) is 9.97 Å². The minimum absolute atomic E-state index is 0.0483. The van der Waals surface area contributed by atoms with Crippen LogP contribution in [-0.4, -0.2) is 22.7 Å². The van der Waals surface area contributed by atoms with Crippen LogP contribution in [0, 0.1) is 12.7 Å². The van der Waals surface area contributed by atoms with Crippen molar-refractivity contribution < 1.29 is 13.9 Å². The number of ether oxygens (including phenoxy) is 2. The number of hydrogen-bond donors (Lipinski definition) is 0. The van der Waals surface area contributed by atoms with Gasteiger partial charge in [0, 0.05) is 24.6 Å². The quantitative estimate of drug-likeness (QED) is 0.644. The van der Waals surface area contributed by atoms with Gasteiger partial charge in [0.1, 0.15) is 22.8 Å². The lowest BCUT2D eigenvalue weighted by atomic mass is 10.1. The van der Waals surface area contributed by atoms with Gasteiger partial charge in [-0.05, 0) is 45.0 Å². The summed E-state index contributed by atoms with van der Waals surface area (Å²) >= 11 is 0. The molecule has 4 nitrogen and oxygen atoms in total. The van der Waals surface area contributed by atoms with Crippen LogP contribution in [0.5, 0.6) is 11.5 Å². The number of benzene rings is 1. The monoisotopic (exact) mass is 340 g/mol. The number of halogens is 1. The molecule has 3 aromatic rings. The van der Waals surface area contributed by atoms with Crippen LogP contribution in [0.3, 0.4) is 0 Å². The summed E-state index contributed by atoms with van der Waals surface area (Å²) in [5.41, 5.74) is 1.80. The second-order valence-electron chi connectivity index (χ2n) is 5.90. The van der Waals surface area contributed by atoms with Gasteiger partial charge in [0.25, 0.3) is 0 Å². The molecule has 0 N–H and O–H groups in total. The number of aromatic nitrogens is 2. The Morgan fingerprint density at radius 2 is 2.00 bits per heavy atom. The van der Waals surface area contributed by atoms with E-state index in [1.807, 2.05) is 38.1 Å². The van der Waals surface area contributed by atoms with Crippen molar-refractivity contribution in [1.29, 1.82) is 0 Å². The molecule has 3 rings (SSSR count). The standard InChI is InChI=1S/C20H21FN2O2/c1-4-24-13(2)11-17-18(9-6-10-22-17)25-19-12-15-7-5-8-16(21)20(15)23-14(19)3/h5-10,12-13H,4,11H2,1-3H3. The third-order valence-corrected chi connectivity index (χ3v) is 3.94. The van der Waals surface area contributed by atoms with Crippen molar-refractivity contribution in [3.8, 4) is 11.5 Å². The van der Waals surface area contributed by atoms with Gasteiger partial charge in [-0.2, -0.15) is 0 Å². The van der Waals surface area contributed by atoms with Crippen LogP contribution < -0.4 is 4.74 Å². The molecule has 25 heavy (non-hydrogen) atoms. The second kappa shape index (κ2) is 7.57. The first-order valence-electron chi connectivity index (χ1n) is 8.37. The van der Waals surface area contributed by atoms with E-state index in [-0.39, 0.29) is 11.9 Å². The Hall–Kier alpha value is -2.53. The summed E-state index contributed by atoms with van der Waals surface area (Å²) in [7, 11) is 0. The molecule has 0 aliphatic heterocycles. The molecule has 0 aliphatic rings. The lowest BCUT2D eigenvalue weighted by molar-refractivity contribution is 0.0757. The van der Waals surface area contributed by atoms with Crippen LogP contribution in [0.2, 0.25) is 0 Å². The van der Waals surface area contributed by atoms with Crippen molar-refractivity contribution >= 4 is 10.9 Å². The molecule has 0 fully saturated rings. The summed E-state index contributed by atoms with van der Waals surface area (Å²) in [4.78, 5) is 8.76. The Labute approximate surface area is 146 Å². The molecule has 1 atom stereocenters. The molecular weight excluding hydrogens is 319 g/mol. The number of nitrogens with zero attached hydrogens (tertiary/aromatic N) is 2. The first kappa shape index (κ1) is 17.3. The van der Waals surface area contributed by atoms with Crippen molar-refractivity contribution in [3.05, 3.63) is 59.8 Å². The number of hydrogen-bond acceptors (Lipinski definition) is 4. The van der Waals surface area contributed by atoms with Crippen molar-refractivity contribution in [2.45, 2.75) is 33.3 Å². The van der Waals surface area contributed by atoms with Crippen LogP contribution in [-0.2, 0) is 11.2 Å². The Morgan fingerprint density at radius 1 is 1.16 bits per heavy atom. The first-order chi connectivity index (χ1) is 12.1. The summed E-state index contributed by atoms with van der Waals surface area (Å²) in [6.45, 7) is 6.44. The molecule has 1 aromatic carbocycles. The average Bonchev–Trinajstić information content (AvgIpc) is 2.58. The SMILES string of the molecule is CCOC(C)Cc1ncccc1Oc1cc2cccc(F)c2nc1C. The molecule has 0 amide bonds. The lowest BCUT2D eigenvalue weighted by Gasteiger charge is -2.15. The third-order valence-electron chi connectivity index (χ3n) is 3.94. The van der Waals surface area contributed by atoms with Gasteiger partial charge < -0.3 is 9.47 Å². The molecule has 0 spiro atoms. The van der Waals surface area contributed by atoms with Gasteiger partial charge in [0.2, 0.25) is 0 Å². The normalized spacial score (nSPS) is 12.3. The zero-order valence-electron chi connectivity index (χ0n) is 14.6. The van der Waals surface area contributed by atoms with E-state index in [2.05, 4.69) is 9.97 Å². The summed E-state index contributed by atoms with van der Waals surface area (Å²) in [6, 6.07) is 10.4. The lowest BCUT2D eigenvalue weighted by Crippen LogP contribution is -2.13. The second-order valence-corrected chi connectivity index (χ2v) is 5.90. The minimum Gasteiger partial charge on any atom is -0.454 e. The van der Waals surface area contributed by atoms with Gasteiger partial charge in [-0.15, -0.1) is 0 Å². The number of para-hydroxylation sites is 1. The molecule has 5 heteroatoms. The van der Waals surface area contributed by atoms with Crippen LogP contribution >= 0.6 is 0 Å². The van der Waals surface area contributed by atoms with E-state index < -0.39 is 0 Å². The fraction of sp³-hybridized carbons (Fsp3) is 0.300. The van der Waals surface area contributed by atoms with Crippen LogP contribution in [0.15, 0.2) is 42.6 Å². The van der Waals surface area contributed by atoms with Gasteiger partial charge in [-0.25, -0.2) is 9.37 Å². The molecule has 0 radical (unpaired) electrons. The summed E-state index contributed by atoms with van der Waals surface area (Å²) in [6.07, 6.45) is 2.44. The third kappa shape index (κ3) is 3.94. The highest BCUT2D eigenvalue weighted by molar-refractivity contribution is 5.81. The Balaban J connectivity index is 1.92. The number of aryl methyl sites for hydroxylation is 1. The van der Waals surface area contributed by atoms with E-state index in [0.29, 0.717) is 41.1 Å². The molecule has 0 saturated heterocycles. The molecule has 0 aliphatic carbocycles. The van der Waals surface area contributed by atoms with Crippen LogP contribution in [0.1, 0.15) is 25.2 Å². The van der Waals surface area contributed by atoms with E-state index in [1.54, 1.807) is 19.2 Å². The van der Waals surface area contributed by atoms with E-state index in [1.165, 1.54) is 6.07 Å². The summed E-state index contributed by atoms with van der Waals surface area (Å²) in [5.74, 6) is 0.922. The average molecular weight is 340 g/mol. The van der Waals surface area contributed by atoms with Crippen molar-refractivity contribution in [2.75, 3.05) is 6.61 Å². The zero-order valence-corrected chi connectivity index (χ0v) is 14.6. The molecule has 0 bridgehead atoms. The van der Waals surface area contributed by atoms with E-state index in [4.69, 9.17) is 9.47 Å². The maximum atomic E-state index is 13.9. The molecule has 2 heterocycles. The van der Waals surface area contributed by atoms with Crippen LogP contribution in [0.25, 0.3) is 10.9 Å². The maximum absolute atomic E-state index is 13.9. The predicted octanol–water partition coefficient (Wildman–Crippen LogP) is 4.84. The Bertz CT molecular complexity index is 883. The molecule has 130 valence electrons. The topological polar surface area (TPSA) is 44.2 Å². The number of rotatable bonds is 6. The highest BCUT2D eigenvalue weighted by Crippen LogP contribution is 2.30. The smallest absolute Gasteiger partial charge is 0.149 e. The van der Waals surface area contributed by atoms with Gasteiger partial charge in [-0.3, -0.25) is 4.98 Å². The van der Waals surface area contributed by atoms with Crippen molar-refractivity contribution in [2.24, 2.45) is 0 Å². The number of fused-ring (bicyclic) bond motifs is 1. The largest absolute Gasteiger partial charge is 0.454 e. The minimum atomic E-state index is -0.334. The zero-order chi connectivity index (χ0) is 17.8. The highest BCUT2D eigenvalue weighted by atomic mass is 19.1. The summed E-state index contributed by atoms with van der Waals surface area (Å²) in [5, 5.41) is 0.703. The van der Waals surface area contributed by atoms with Crippen LogP contribution in [0.4, 0.5) is 4.39 Å². The first-order valence-corrected chi connectivity index (χ1v) is 8.37. The Morgan fingerprint density at radius 3 is 2.80 bits per heavy atom. The summed E-state index contributed by atoms with van der Waals surface area (Å²) < 4.78 is 25.5. The van der Waals surface area contributed by atoms with Gasteiger partial charge in [0.15, 0.2) is 0 Å². The fourth-order valence-electron chi connectivity index (χ4n) is 2.74. The van der Waals surface area contributed by atoms with Gasteiger partial charge >= 0.3 is 0 Å².